The molecule has 0 radical (unpaired) electrons. The first-order valence-corrected chi connectivity index (χ1v) is 5.01. The van der Waals surface area contributed by atoms with Gasteiger partial charge in [0.05, 0.1) is 18.6 Å². The van der Waals surface area contributed by atoms with Crippen molar-refractivity contribution >= 4 is 11.6 Å². The molecule has 0 aromatic carbocycles. The van der Waals surface area contributed by atoms with E-state index >= 15 is 0 Å². The lowest BCUT2D eigenvalue weighted by Gasteiger charge is -2.30. The first-order valence-electron chi connectivity index (χ1n) is 4.47. The molecule has 0 aromatic rings. The van der Waals surface area contributed by atoms with Crippen LogP contribution < -0.4 is 0 Å². The number of rotatable bonds is 2. The van der Waals surface area contributed by atoms with Crippen LogP contribution in [0.5, 0.6) is 0 Å². The number of halogens is 1. The van der Waals surface area contributed by atoms with Crippen molar-refractivity contribution in [3.8, 4) is 0 Å². The Kier molecular flexibility index (Phi) is 1.90. The fourth-order valence-electron chi connectivity index (χ4n) is 1.67. The van der Waals surface area contributed by atoms with Gasteiger partial charge in [0.2, 0.25) is 0 Å². The van der Waals surface area contributed by atoms with Crippen molar-refractivity contribution in [3.05, 3.63) is 0 Å². The maximum atomic E-state index is 5.77. The van der Waals surface area contributed by atoms with Gasteiger partial charge in [-0.3, -0.25) is 0 Å². The molecular weight excluding hydrogens is 176 g/mol. The normalized spacial score (nSPS) is 44.8. The van der Waals surface area contributed by atoms with Crippen LogP contribution >= 0.6 is 11.6 Å². The molecule has 0 spiro atoms. The van der Waals surface area contributed by atoms with Crippen LogP contribution in [0.15, 0.2) is 0 Å². The molecule has 70 valence electrons. The highest BCUT2D eigenvalue weighted by Crippen LogP contribution is 2.57. The van der Waals surface area contributed by atoms with Gasteiger partial charge in [0.1, 0.15) is 0 Å². The fraction of sp³-hybridized carbons (Fsp3) is 1.00. The average Bonchev–Trinajstić information content (AvgIpc) is 2.66. The molecule has 12 heavy (non-hydrogen) atoms. The molecule has 1 aliphatic heterocycles. The number of alkyl halides is 1. The molecule has 2 unspecified atom stereocenters. The van der Waals surface area contributed by atoms with Crippen molar-refractivity contribution in [2.45, 2.75) is 38.6 Å². The molecule has 0 N–H and O–H groups in total. The highest BCUT2D eigenvalue weighted by molar-refractivity contribution is 6.18. The molecule has 1 saturated heterocycles. The summed E-state index contributed by atoms with van der Waals surface area (Å²) in [6.07, 6.45) is 2.51. The summed E-state index contributed by atoms with van der Waals surface area (Å²) in [7, 11) is 0. The Balaban J connectivity index is 2.04. The largest absolute Gasteiger partial charge is 0.347 e. The molecule has 1 aliphatic carbocycles. The van der Waals surface area contributed by atoms with Gasteiger partial charge >= 0.3 is 0 Å². The van der Waals surface area contributed by atoms with Crippen LogP contribution in [0.2, 0.25) is 0 Å². The summed E-state index contributed by atoms with van der Waals surface area (Å²) in [5.41, 5.74) is 0.244. The molecule has 0 amide bonds. The van der Waals surface area contributed by atoms with Gasteiger partial charge in [0, 0.05) is 5.41 Å². The summed E-state index contributed by atoms with van der Waals surface area (Å²) in [5.74, 6) is 0.165. The Morgan fingerprint density at radius 2 is 2.08 bits per heavy atom. The second-order valence-electron chi connectivity index (χ2n) is 4.21. The highest BCUT2D eigenvalue weighted by atomic mass is 35.5. The zero-order chi connectivity index (χ0) is 8.82. The predicted molar refractivity (Wildman–Crippen MR) is 47.3 cm³/mol. The molecule has 1 heterocycles. The quantitative estimate of drug-likeness (QED) is 0.622. The van der Waals surface area contributed by atoms with Gasteiger partial charge in [0.25, 0.3) is 0 Å². The third-order valence-electron chi connectivity index (χ3n) is 3.20. The van der Waals surface area contributed by atoms with Gasteiger partial charge < -0.3 is 9.47 Å². The summed E-state index contributed by atoms with van der Waals surface area (Å²) in [5, 5.41) is 0. The minimum atomic E-state index is -0.368. The van der Waals surface area contributed by atoms with Crippen LogP contribution in [0.25, 0.3) is 0 Å². The molecule has 1 saturated carbocycles. The van der Waals surface area contributed by atoms with Crippen LogP contribution in [0.4, 0.5) is 0 Å². The van der Waals surface area contributed by atoms with Crippen molar-refractivity contribution in [1.29, 1.82) is 0 Å². The molecule has 0 aromatic heterocycles. The Morgan fingerprint density at radius 1 is 1.42 bits per heavy atom. The maximum absolute atomic E-state index is 5.77. The monoisotopic (exact) mass is 190 g/mol. The summed E-state index contributed by atoms with van der Waals surface area (Å²) < 4.78 is 11.4. The second kappa shape index (κ2) is 2.60. The molecule has 3 heteroatoms. The van der Waals surface area contributed by atoms with Gasteiger partial charge in [-0.25, -0.2) is 0 Å². The van der Waals surface area contributed by atoms with Gasteiger partial charge in [-0.1, -0.05) is 6.92 Å². The van der Waals surface area contributed by atoms with E-state index in [9.17, 15) is 0 Å². The maximum Gasteiger partial charge on any atom is 0.171 e. The molecule has 0 bridgehead atoms. The van der Waals surface area contributed by atoms with E-state index < -0.39 is 0 Å². The van der Waals surface area contributed by atoms with Crippen molar-refractivity contribution in [2.75, 3.05) is 12.5 Å². The first kappa shape index (κ1) is 8.79. The third kappa shape index (κ3) is 1.17. The van der Waals surface area contributed by atoms with E-state index in [1.54, 1.807) is 0 Å². The van der Waals surface area contributed by atoms with Crippen molar-refractivity contribution < 1.29 is 9.47 Å². The standard InChI is InChI=1S/C9H15ClO2/c1-8(3-4-8)9(2)11-6-7(5-10)12-9/h7H,3-6H2,1-2H3. The van der Waals surface area contributed by atoms with E-state index in [0.717, 1.165) is 0 Å². The number of hydrogen-bond donors (Lipinski definition) is 0. The van der Waals surface area contributed by atoms with E-state index in [-0.39, 0.29) is 17.3 Å². The lowest BCUT2D eigenvalue weighted by molar-refractivity contribution is -0.195. The van der Waals surface area contributed by atoms with Gasteiger partial charge in [-0.2, -0.15) is 0 Å². The highest BCUT2D eigenvalue weighted by Gasteiger charge is 2.58. The smallest absolute Gasteiger partial charge is 0.171 e. The van der Waals surface area contributed by atoms with Crippen molar-refractivity contribution in [3.63, 3.8) is 0 Å². The van der Waals surface area contributed by atoms with E-state index in [0.29, 0.717) is 12.5 Å². The summed E-state index contributed by atoms with van der Waals surface area (Å²) in [4.78, 5) is 0. The van der Waals surface area contributed by atoms with E-state index in [1.807, 2.05) is 6.92 Å². The first-order chi connectivity index (χ1) is 5.60. The molecular formula is C9H15ClO2. The Labute approximate surface area is 78.2 Å². The molecule has 2 aliphatic rings. The topological polar surface area (TPSA) is 18.5 Å². The van der Waals surface area contributed by atoms with E-state index in [2.05, 4.69) is 6.92 Å². The van der Waals surface area contributed by atoms with Crippen LogP contribution in [-0.2, 0) is 9.47 Å². The molecule has 2 fully saturated rings. The van der Waals surface area contributed by atoms with Crippen LogP contribution in [0.3, 0.4) is 0 Å². The van der Waals surface area contributed by atoms with Crippen molar-refractivity contribution in [1.82, 2.24) is 0 Å². The SMILES string of the molecule is CC1(C2(C)OCC(CCl)O2)CC1. The van der Waals surface area contributed by atoms with Crippen molar-refractivity contribution in [2.24, 2.45) is 5.41 Å². The van der Waals surface area contributed by atoms with Gasteiger partial charge in [0.15, 0.2) is 5.79 Å². The third-order valence-corrected chi connectivity index (χ3v) is 3.55. The Morgan fingerprint density at radius 3 is 2.50 bits per heavy atom. The lowest BCUT2D eigenvalue weighted by atomic mass is 10.00. The van der Waals surface area contributed by atoms with E-state index in [1.165, 1.54) is 12.8 Å². The van der Waals surface area contributed by atoms with Gasteiger partial charge in [-0.05, 0) is 19.8 Å². The van der Waals surface area contributed by atoms with Crippen LogP contribution in [0.1, 0.15) is 26.7 Å². The fourth-order valence-corrected chi connectivity index (χ4v) is 1.82. The predicted octanol–water partition coefficient (Wildman–Crippen LogP) is 2.16. The minimum Gasteiger partial charge on any atom is -0.347 e. The molecule has 2 nitrogen and oxygen atoms in total. The Bertz CT molecular complexity index is 191. The zero-order valence-corrected chi connectivity index (χ0v) is 8.36. The van der Waals surface area contributed by atoms with Gasteiger partial charge in [-0.15, -0.1) is 11.6 Å². The summed E-state index contributed by atoms with van der Waals surface area (Å²) >= 11 is 5.70. The number of ether oxygens (including phenoxy) is 2. The second-order valence-corrected chi connectivity index (χ2v) is 4.52. The summed E-state index contributed by atoms with van der Waals surface area (Å²) in [6, 6.07) is 0. The Hall–Kier alpha value is 0.210. The lowest BCUT2D eigenvalue weighted by Crippen LogP contribution is -2.36. The molecule has 2 rings (SSSR count). The zero-order valence-electron chi connectivity index (χ0n) is 7.60. The number of hydrogen-bond acceptors (Lipinski definition) is 2. The summed E-state index contributed by atoms with van der Waals surface area (Å²) in [6.45, 7) is 4.89. The van der Waals surface area contributed by atoms with Crippen LogP contribution in [-0.4, -0.2) is 24.4 Å². The van der Waals surface area contributed by atoms with E-state index in [4.69, 9.17) is 21.1 Å². The minimum absolute atomic E-state index is 0.0918. The van der Waals surface area contributed by atoms with Crippen LogP contribution in [0, 0.1) is 5.41 Å². The average molecular weight is 191 g/mol. The molecule has 2 atom stereocenters.